The smallest absolute Gasteiger partial charge is 0.261 e. The molecule has 0 atom stereocenters. The Hall–Kier alpha value is -2.51. The lowest BCUT2D eigenvalue weighted by molar-refractivity contribution is 0.0487. The zero-order chi connectivity index (χ0) is 20.6. The van der Waals surface area contributed by atoms with E-state index in [-0.39, 0.29) is 28.7 Å². The number of halogens is 1. The van der Waals surface area contributed by atoms with E-state index >= 15 is 0 Å². The molecule has 3 amide bonds. The third-order valence-corrected chi connectivity index (χ3v) is 6.32. The van der Waals surface area contributed by atoms with Crippen LogP contribution in [-0.2, 0) is 10.2 Å². The van der Waals surface area contributed by atoms with Crippen molar-refractivity contribution in [3.8, 4) is 0 Å². The number of benzene rings is 2. The van der Waals surface area contributed by atoms with E-state index in [1.165, 1.54) is 13.1 Å². The van der Waals surface area contributed by atoms with Crippen LogP contribution < -0.4 is 5.32 Å². The third kappa shape index (κ3) is 3.60. The molecule has 0 radical (unpaired) electrons. The molecule has 1 saturated heterocycles. The summed E-state index contributed by atoms with van der Waals surface area (Å²) in [4.78, 5) is 38.1. The van der Waals surface area contributed by atoms with Gasteiger partial charge >= 0.3 is 0 Å². The molecule has 6 nitrogen and oxygen atoms in total. The van der Waals surface area contributed by atoms with E-state index in [4.69, 9.17) is 4.74 Å². The van der Waals surface area contributed by atoms with Gasteiger partial charge in [-0.3, -0.25) is 19.3 Å². The van der Waals surface area contributed by atoms with Crippen molar-refractivity contribution in [2.45, 2.75) is 18.3 Å². The van der Waals surface area contributed by atoms with Crippen LogP contribution in [-0.4, -0.2) is 49.4 Å². The summed E-state index contributed by atoms with van der Waals surface area (Å²) < 4.78 is 6.55. The monoisotopic (exact) mass is 456 g/mol. The van der Waals surface area contributed by atoms with Crippen LogP contribution in [0.15, 0.2) is 46.9 Å². The zero-order valence-electron chi connectivity index (χ0n) is 16.0. The summed E-state index contributed by atoms with van der Waals surface area (Å²) in [7, 11) is 1.44. The first-order chi connectivity index (χ1) is 13.9. The lowest BCUT2D eigenvalue weighted by Crippen LogP contribution is -2.44. The average Bonchev–Trinajstić information content (AvgIpc) is 2.96. The largest absolute Gasteiger partial charge is 0.381 e. The number of nitrogens with one attached hydrogen (secondary N) is 1. The molecule has 2 aliphatic rings. The number of fused-ring (bicyclic) bond motifs is 1. The standard InChI is InChI=1S/C22H21BrN2O4/c1-25-20(27)17-6-5-14(11-18(17)21(25)28)19(26)24-13-22(7-9-29-10-8-22)15-3-2-4-16(23)12-15/h2-6,11-12H,7-10,13H2,1H3,(H,24,26). The van der Waals surface area contributed by atoms with Crippen LogP contribution in [0.1, 0.15) is 49.5 Å². The van der Waals surface area contributed by atoms with Crippen molar-refractivity contribution >= 4 is 33.7 Å². The number of hydrogen-bond acceptors (Lipinski definition) is 4. The molecule has 1 N–H and O–H groups in total. The maximum Gasteiger partial charge on any atom is 0.261 e. The Balaban J connectivity index is 1.55. The number of amides is 3. The molecule has 0 bridgehead atoms. The fourth-order valence-electron chi connectivity index (χ4n) is 4.00. The SMILES string of the molecule is CN1C(=O)c2ccc(C(=O)NCC3(c4cccc(Br)c4)CCOCC3)cc2C1=O. The summed E-state index contributed by atoms with van der Waals surface area (Å²) in [6.07, 6.45) is 1.62. The van der Waals surface area contributed by atoms with Gasteiger partial charge in [-0.1, -0.05) is 28.1 Å². The van der Waals surface area contributed by atoms with Crippen molar-refractivity contribution in [3.05, 3.63) is 69.2 Å². The second-order valence-corrected chi connectivity index (χ2v) is 8.43. The van der Waals surface area contributed by atoms with Gasteiger partial charge in [0.1, 0.15) is 0 Å². The quantitative estimate of drug-likeness (QED) is 0.716. The summed E-state index contributed by atoms with van der Waals surface area (Å²) in [5.41, 5.74) is 1.94. The van der Waals surface area contributed by atoms with Gasteiger partial charge in [0, 0.05) is 42.3 Å². The van der Waals surface area contributed by atoms with E-state index in [0.29, 0.717) is 30.9 Å². The van der Waals surface area contributed by atoms with Gasteiger partial charge in [0.15, 0.2) is 0 Å². The predicted molar refractivity (Wildman–Crippen MR) is 111 cm³/mol. The molecule has 0 spiro atoms. The highest BCUT2D eigenvalue weighted by atomic mass is 79.9. The highest BCUT2D eigenvalue weighted by Gasteiger charge is 2.36. The molecular weight excluding hydrogens is 436 g/mol. The normalized spacial score (nSPS) is 17.9. The van der Waals surface area contributed by atoms with Gasteiger partial charge < -0.3 is 10.1 Å². The average molecular weight is 457 g/mol. The summed E-state index contributed by atoms with van der Waals surface area (Å²) in [5, 5.41) is 3.04. The number of carbonyl (C=O) groups excluding carboxylic acids is 3. The molecule has 1 fully saturated rings. The first-order valence-corrected chi connectivity index (χ1v) is 10.3. The van der Waals surface area contributed by atoms with Gasteiger partial charge in [-0.25, -0.2) is 0 Å². The molecule has 2 aliphatic heterocycles. The number of ether oxygens (including phenoxy) is 1. The Morgan fingerprint density at radius 1 is 1.10 bits per heavy atom. The van der Waals surface area contributed by atoms with Crippen molar-refractivity contribution in [1.29, 1.82) is 0 Å². The van der Waals surface area contributed by atoms with E-state index in [1.54, 1.807) is 12.1 Å². The minimum Gasteiger partial charge on any atom is -0.381 e. The molecule has 0 unspecified atom stereocenters. The molecule has 0 aliphatic carbocycles. The first kappa shape index (κ1) is 19.8. The second-order valence-electron chi connectivity index (χ2n) is 7.52. The lowest BCUT2D eigenvalue weighted by Gasteiger charge is -2.38. The summed E-state index contributed by atoms with van der Waals surface area (Å²) in [6.45, 7) is 1.75. The van der Waals surface area contributed by atoms with Crippen LogP contribution in [0.25, 0.3) is 0 Å². The molecule has 4 rings (SSSR count). The molecule has 2 aromatic carbocycles. The van der Waals surface area contributed by atoms with Crippen molar-refractivity contribution in [2.75, 3.05) is 26.8 Å². The van der Waals surface area contributed by atoms with Crippen LogP contribution in [0, 0.1) is 0 Å². The van der Waals surface area contributed by atoms with Crippen LogP contribution in [0.5, 0.6) is 0 Å². The Morgan fingerprint density at radius 3 is 2.55 bits per heavy atom. The van der Waals surface area contributed by atoms with Gasteiger partial charge in [-0.2, -0.15) is 0 Å². The van der Waals surface area contributed by atoms with Crippen molar-refractivity contribution in [2.24, 2.45) is 0 Å². The van der Waals surface area contributed by atoms with Crippen molar-refractivity contribution in [1.82, 2.24) is 10.2 Å². The maximum atomic E-state index is 12.8. The van der Waals surface area contributed by atoms with E-state index < -0.39 is 0 Å². The van der Waals surface area contributed by atoms with Gasteiger partial charge in [-0.05, 0) is 48.7 Å². The van der Waals surface area contributed by atoms with Gasteiger partial charge in [0.25, 0.3) is 17.7 Å². The van der Waals surface area contributed by atoms with Gasteiger partial charge in [-0.15, -0.1) is 0 Å². The van der Waals surface area contributed by atoms with Gasteiger partial charge in [0.05, 0.1) is 11.1 Å². The van der Waals surface area contributed by atoms with E-state index in [9.17, 15) is 14.4 Å². The first-order valence-electron chi connectivity index (χ1n) is 9.50. The molecular formula is C22H21BrN2O4. The minimum absolute atomic E-state index is 0.208. The Bertz CT molecular complexity index is 998. The zero-order valence-corrected chi connectivity index (χ0v) is 17.6. The molecule has 29 heavy (non-hydrogen) atoms. The van der Waals surface area contributed by atoms with Gasteiger partial charge in [0.2, 0.25) is 0 Å². The third-order valence-electron chi connectivity index (χ3n) is 5.83. The topological polar surface area (TPSA) is 75.7 Å². The predicted octanol–water partition coefficient (Wildman–Crippen LogP) is 3.15. The second kappa shape index (κ2) is 7.72. The highest BCUT2D eigenvalue weighted by Crippen LogP contribution is 2.35. The van der Waals surface area contributed by atoms with E-state index in [0.717, 1.165) is 27.8 Å². The van der Waals surface area contributed by atoms with Crippen LogP contribution >= 0.6 is 15.9 Å². The van der Waals surface area contributed by atoms with Crippen molar-refractivity contribution < 1.29 is 19.1 Å². The fraction of sp³-hybridized carbons (Fsp3) is 0.318. The van der Waals surface area contributed by atoms with Crippen LogP contribution in [0.2, 0.25) is 0 Å². The Morgan fingerprint density at radius 2 is 1.83 bits per heavy atom. The number of rotatable bonds is 4. The number of imide groups is 1. The lowest BCUT2D eigenvalue weighted by atomic mass is 9.74. The molecule has 7 heteroatoms. The molecule has 2 aromatic rings. The maximum absolute atomic E-state index is 12.8. The summed E-state index contributed by atoms with van der Waals surface area (Å²) in [5.74, 6) is -0.981. The minimum atomic E-state index is -0.380. The number of hydrogen-bond donors (Lipinski definition) is 1. The van der Waals surface area contributed by atoms with Crippen molar-refractivity contribution in [3.63, 3.8) is 0 Å². The van der Waals surface area contributed by atoms with Crippen LogP contribution in [0.4, 0.5) is 0 Å². The number of carbonyl (C=O) groups is 3. The van der Waals surface area contributed by atoms with E-state index in [2.05, 4.69) is 33.4 Å². The molecule has 0 saturated carbocycles. The van der Waals surface area contributed by atoms with Crippen LogP contribution in [0.3, 0.4) is 0 Å². The Labute approximate surface area is 177 Å². The molecule has 0 aromatic heterocycles. The summed E-state index contributed by atoms with van der Waals surface area (Å²) >= 11 is 3.53. The summed E-state index contributed by atoms with van der Waals surface area (Å²) in [6, 6.07) is 12.8. The Kier molecular flexibility index (Phi) is 5.27. The van der Waals surface area contributed by atoms with E-state index in [1.807, 2.05) is 12.1 Å². The molecule has 2 heterocycles. The highest BCUT2D eigenvalue weighted by molar-refractivity contribution is 9.10. The number of nitrogens with zero attached hydrogens (tertiary/aromatic N) is 1. The fourth-order valence-corrected chi connectivity index (χ4v) is 4.40. The molecule has 150 valence electrons.